The summed E-state index contributed by atoms with van der Waals surface area (Å²) in [4.78, 5) is 28.4. The topological polar surface area (TPSA) is 113 Å². The Morgan fingerprint density at radius 1 is 1.26 bits per heavy atom. The van der Waals surface area contributed by atoms with E-state index in [9.17, 15) is 23.1 Å². The van der Waals surface area contributed by atoms with E-state index in [4.69, 9.17) is 0 Å². The molecule has 7 nitrogen and oxygen atoms in total. The Kier molecular flexibility index (Phi) is 6.29. The molecule has 2 rings (SSSR count). The van der Waals surface area contributed by atoms with Crippen molar-refractivity contribution in [3.8, 4) is 0 Å². The van der Waals surface area contributed by atoms with Crippen molar-refractivity contribution >= 4 is 21.7 Å². The summed E-state index contributed by atoms with van der Waals surface area (Å²) >= 11 is 0. The average molecular weight is 397 g/mol. The molecule has 1 aliphatic rings. The molecule has 150 valence electrons. The van der Waals surface area contributed by atoms with Gasteiger partial charge in [0.05, 0.1) is 5.75 Å². The van der Waals surface area contributed by atoms with E-state index < -0.39 is 27.3 Å². The van der Waals surface area contributed by atoms with Crippen molar-refractivity contribution in [3.63, 3.8) is 0 Å². The van der Waals surface area contributed by atoms with Crippen molar-refractivity contribution in [2.75, 3.05) is 5.75 Å². The first kappa shape index (κ1) is 21.3. The molecule has 1 aromatic rings. The number of carbonyl (C=O) groups is 2. The third-order valence-electron chi connectivity index (χ3n) is 4.96. The predicted octanol–water partition coefficient (Wildman–Crippen LogP) is 2.76. The fraction of sp³-hybridized carbons (Fsp3) is 0.632. The van der Waals surface area contributed by atoms with Crippen molar-refractivity contribution in [2.45, 2.75) is 69.9 Å². The minimum absolute atomic E-state index is 0.0414. The number of rotatable bonds is 9. The fourth-order valence-corrected chi connectivity index (χ4v) is 4.98. The van der Waals surface area contributed by atoms with Crippen LogP contribution in [0.5, 0.6) is 0 Å². The third-order valence-corrected chi connectivity index (χ3v) is 6.98. The minimum atomic E-state index is -3.63. The molecule has 1 heterocycles. The first-order valence-corrected chi connectivity index (χ1v) is 11.0. The number of pyridine rings is 1. The van der Waals surface area contributed by atoms with E-state index in [1.54, 1.807) is 19.9 Å². The van der Waals surface area contributed by atoms with E-state index in [1.807, 2.05) is 13.8 Å². The quantitative estimate of drug-likeness (QED) is 0.663. The summed E-state index contributed by atoms with van der Waals surface area (Å²) in [6.45, 7) is 6.99. The molecule has 0 aromatic carbocycles. The lowest BCUT2D eigenvalue weighted by Gasteiger charge is -2.28. The lowest BCUT2D eigenvalue weighted by Crippen LogP contribution is -2.53. The van der Waals surface area contributed by atoms with Gasteiger partial charge < -0.3 is 10.4 Å². The molecule has 8 heteroatoms. The zero-order valence-electron chi connectivity index (χ0n) is 16.3. The van der Waals surface area contributed by atoms with Gasteiger partial charge in [-0.25, -0.2) is 18.2 Å². The maximum Gasteiger partial charge on any atom is 0.329 e. The summed E-state index contributed by atoms with van der Waals surface area (Å²) in [6, 6.07) is 3.13. The van der Waals surface area contributed by atoms with Crippen LogP contribution in [-0.4, -0.2) is 41.7 Å². The number of aromatic nitrogens is 1. The SMILES string of the molecule is CCC(CC)(NC(=O)c1ccc(C2CC2)c(S(=O)(=O)CC(C)C)n1)C(=O)O. The maximum atomic E-state index is 12.8. The molecule has 1 aromatic heterocycles. The highest BCUT2D eigenvalue weighted by atomic mass is 32.2. The van der Waals surface area contributed by atoms with E-state index in [0.717, 1.165) is 12.8 Å². The van der Waals surface area contributed by atoms with E-state index in [-0.39, 0.29) is 41.2 Å². The fourth-order valence-electron chi connectivity index (χ4n) is 3.11. The number of sulfone groups is 1. The Bertz CT molecular complexity index is 825. The molecular formula is C19H28N2O5S. The second-order valence-electron chi connectivity index (χ2n) is 7.59. The predicted molar refractivity (Wildman–Crippen MR) is 102 cm³/mol. The summed E-state index contributed by atoms with van der Waals surface area (Å²) in [5, 5.41) is 12.0. The molecule has 0 aliphatic heterocycles. The van der Waals surface area contributed by atoms with Crippen molar-refractivity contribution in [3.05, 3.63) is 23.4 Å². The maximum absolute atomic E-state index is 12.8. The summed E-state index contributed by atoms with van der Waals surface area (Å²) in [7, 11) is -3.63. The van der Waals surface area contributed by atoms with E-state index in [0.29, 0.717) is 5.56 Å². The molecule has 1 fully saturated rings. The zero-order chi connectivity index (χ0) is 20.4. The highest BCUT2D eigenvalue weighted by Gasteiger charge is 2.38. The van der Waals surface area contributed by atoms with E-state index >= 15 is 0 Å². The lowest BCUT2D eigenvalue weighted by atomic mass is 9.92. The standard InChI is InChI=1S/C19H28N2O5S/c1-5-19(6-2,18(23)24)21-16(22)15-10-9-14(13-7-8-13)17(20-15)27(25,26)11-12(3)4/h9-10,12-13H,5-8,11H2,1-4H3,(H,21,22)(H,23,24). The smallest absolute Gasteiger partial charge is 0.329 e. The van der Waals surface area contributed by atoms with Crippen molar-refractivity contribution in [1.29, 1.82) is 0 Å². The molecule has 27 heavy (non-hydrogen) atoms. The van der Waals surface area contributed by atoms with Crippen LogP contribution in [0, 0.1) is 5.92 Å². The largest absolute Gasteiger partial charge is 0.480 e. The van der Waals surface area contributed by atoms with Gasteiger partial charge in [-0.3, -0.25) is 4.79 Å². The average Bonchev–Trinajstić information content (AvgIpc) is 3.42. The molecule has 0 atom stereocenters. The van der Waals surface area contributed by atoms with Crippen molar-refractivity contribution in [2.24, 2.45) is 5.92 Å². The van der Waals surface area contributed by atoms with Gasteiger partial charge >= 0.3 is 5.97 Å². The van der Waals surface area contributed by atoms with Gasteiger partial charge in [-0.1, -0.05) is 33.8 Å². The molecule has 1 saturated carbocycles. The summed E-state index contributed by atoms with van der Waals surface area (Å²) in [6.07, 6.45) is 2.24. The summed E-state index contributed by atoms with van der Waals surface area (Å²) < 4.78 is 25.6. The van der Waals surface area contributed by atoms with Crippen LogP contribution in [-0.2, 0) is 14.6 Å². The highest BCUT2D eigenvalue weighted by molar-refractivity contribution is 7.91. The number of carbonyl (C=O) groups excluding carboxylic acids is 1. The number of carboxylic acids is 1. The third kappa shape index (κ3) is 4.66. The Hall–Kier alpha value is -1.96. The van der Waals surface area contributed by atoms with Gasteiger partial charge in [-0.2, -0.15) is 0 Å². The van der Waals surface area contributed by atoms with Crippen LogP contribution < -0.4 is 5.32 Å². The molecule has 0 spiro atoms. The Labute approximate surface area is 160 Å². The Morgan fingerprint density at radius 3 is 2.30 bits per heavy atom. The number of nitrogens with one attached hydrogen (secondary N) is 1. The second-order valence-corrected chi connectivity index (χ2v) is 9.54. The number of hydrogen-bond acceptors (Lipinski definition) is 5. The van der Waals surface area contributed by atoms with E-state index in [2.05, 4.69) is 10.3 Å². The molecule has 0 unspecified atom stereocenters. The summed E-state index contributed by atoms with van der Waals surface area (Å²) in [5.41, 5.74) is -0.817. The van der Waals surface area contributed by atoms with Crippen LogP contribution >= 0.6 is 0 Å². The molecule has 2 N–H and O–H groups in total. The van der Waals surface area contributed by atoms with Gasteiger partial charge in [0.1, 0.15) is 11.2 Å². The second kappa shape index (κ2) is 7.96. The Balaban J connectivity index is 2.43. The van der Waals surface area contributed by atoms with Gasteiger partial charge in [-0.15, -0.1) is 0 Å². The van der Waals surface area contributed by atoms with Gasteiger partial charge in [-0.05, 0) is 49.1 Å². The van der Waals surface area contributed by atoms with Crippen LogP contribution in [0.15, 0.2) is 17.2 Å². The molecule has 0 saturated heterocycles. The minimum Gasteiger partial charge on any atom is -0.480 e. The number of nitrogens with zero attached hydrogens (tertiary/aromatic N) is 1. The first-order valence-electron chi connectivity index (χ1n) is 9.36. The van der Waals surface area contributed by atoms with Gasteiger partial charge in [0.2, 0.25) is 0 Å². The van der Waals surface area contributed by atoms with Crippen molar-refractivity contribution < 1.29 is 23.1 Å². The van der Waals surface area contributed by atoms with Crippen LogP contribution in [0.25, 0.3) is 0 Å². The number of hydrogen-bond donors (Lipinski definition) is 2. The Morgan fingerprint density at radius 2 is 1.85 bits per heavy atom. The van der Waals surface area contributed by atoms with E-state index in [1.165, 1.54) is 6.07 Å². The zero-order valence-corrected chi connectivity index (χ0v) is 17.1. The number of aliphatic carboxylic acids is 1. The first-order chi connectivity index (χ1) is 12.6. The molecule has 1 aliphatic carbocycles. The number of amides is 1. The summed E-state index contributed by atoms with van der Waals surface area (Å²) in [5.74, 6) is -1.75. The van der Waals surface area contributed by atoms with Gasteiger partial charge in [0.15, 0.2) is 14.9 Å². The van der Waals surface area contributed by atoms with Crippen LogP contribution in [0.1, 0.15) is 75.3 Å². The molecule has 0 bridgehead atoms. The monoisotopic (exact) mass is 396 g/mol. The highest BCUT2D eigenvalue weighted by Crippen LogP contribution is 2.42. The number of carboxylic acid groups (broad SMARTS) is 1. The van der Waals surface area contributed by atoms with Crippen LogP contribution in [0.3, 0.4) is 0 Å². The van der Waals surface area contributed by atoms with Gasteiger partial charge in [0, 0.05) is 0 Å². The molecular weight excluding hydrogens is 368 g/mol. The van der Waals surface area contributed by atoms with Crippen molar-refractivity contribution in [1.82, 2.24) is 10.3 Å². The normalized spacial score (nSPS) is 15.0. The van der Waals surface area contributed by atoms with Gasteiger partial charge in [0.25, 0.3) is 5.91 Å². The lowest BCUT2D eigenvalue weighted by molar-refractivity contribution is -0.144. The molecule has 0 radical (unpaired) electrons. The molecule has 1 amide bonds. The van der Waals surface area contributed by atoms with Crippen LogP contribution in [0.2, 0.25) is 0 Å². The van der Waals surface area contributed by atoms with Crippen LogP contribution in [0.4, 0.5) is 0 Å².